The molecule has 0 unspecified atom stereocenters. The lowest BCUT2D eigenvalue weighted by Crippen LogP contribution is -1.79. The largest absolute Gasteiger partial charge is 0.298 e. The Bertz CT molecular complexity index is 409. The fourth-order valence-corrected chi connectivity index (χ4v) is 1.72. The van der Waals surface area contributed by atoms with Gasteiger partial charge in [-0.3, -0.25) is 4.79 Å². The summed E-state index contributed by atoms with van der Waals surface area (Å²) in [5.41, 5.74) is 1.75. The number of carbonyl (C=O) groups excluding carboxylic acids is 1. The number of benzene rings is 1. The van der Waals surface area contributed by atoms with E-state index in [1.807, 2.05) is 24.3 Å². The summed E-state index contributed by atoms with van der Waals surface area (Å²) in [6.07, 6.45) is 2.61. The Labute approximate surface area is 80.0 Å². The zero-order valence-corrected chi connectivity index (χ0v) is 7.62. The van der Waals surface area contributed by atoms with Crippen molar-refractivity contribution in [3.63, 3.8) is 0 Å². The number of rotatable bonds is 2. The predicted octanol–water partition coefficient (Wildman–Crippen LogP) is 2.62. The molecule has 0 saturated heterocycles. The molecule has 0 aliphatic rings. The second-order valence-corrected chi connectivity index (χ2v) is 3.45. The van der Waals surface area contributed by atoms with Crippen LogP contribution in [0.25, 0.3) is 10.4 Å². The maximum Gasteiger partial charge on any atom is 0.150 e. The van der Waals surface area contributed by atoms with E-state index in [9.17, 15) is 4.79 Å². The first-order valence-corrected chi connectivity index (χ1v) is 4.64. The summed E-state index contributed by atoms with van der Waals surface area (Å²) in [5.74, 6) is 0. The SMILES string of the molecule is O=Cc1cccc(-c2ccns2)c1. The standard InChI is InChI=1S/C10H7NOS/c12-7-8-2-1-3-9(6-8)10-4-5-11-13-10/h1-7H. The Balaban J connectivity index is 2.47. The molecule has 0 bridgehead atoms. The average molecular weight is 189 g/mol. The van der Waals surface area contributed by atoms with Gasteiger partial charge in [0.15, 0.2) is 0 Å². The van der Waals surface area contributed by atoms with E-state index in [1.54, 1.807) is 12.3 Å². The number of aldehydes is 1. The zero-order valence-electron chi connectivity index (χ0n) is 6.81. The first kappa shape index (κ1) is 8.13. The summed E-state index contributed by atoms with van der Waals surface area (Å²) < 4.78 is 4.01. The molecular formula is C10H7NOS. The first-order chi connectivity index (χ1) is 6.40. The maximum absolute atomic E-state index is 10.5. The number of carbonyl (C=O) groups is 1. The van der Waals surface area contributed by atoms with Crippen LogP contribution in [0.3, 0.4) is 0 Å². The van der Waals surface area contributed by atoms with Crippen molar-refractivity contribution in [2.24, 2.45) is 0 Å². The maximum atomic E-state index is 10.5. The Morgan fingerprint density at radius 3 is 2.92 bits per heavy atom. The molecule has 0 amide bonds. The van der Waals surface area contributed by atoms with Crippen molar-refractivity contribution in [2.45, 2.75) is 0 Å². The van der Waals surface area contributed by atoms with Crippen molar-refractivity contribution in [3.05, 3.63) is 42.1 Å². The normalized spacial score (nSPS) is 9.85. The minimum absolute atomic E-state index is 0.700. The number of nitrogens with zero attached hydrogens (tertiary/aromatic N) is 1. The van der Waals surface area contributed by atoms with E-state index >= 15 is 0 Å². The van der Waals surface area contributed by atoms with Gasteiger partial charge in [-0.05, 0) is 29.2 Å². The van der Waals surface area contributed by atoms with Gasteiger partial charge < -0.3 is 0 Å². The molecule has 0 aliphatic carbocycles. The molecule has 0 radical (unpaired) electrons. The van der Waals surface area contributed by atoms with Gasteiger partial charge >= 0.3 is 0 Å². The van der Waals surface area contributed by atoms with E-state index in [0.717, 1.165) is 16.7 Å². The quantitative estimate of drug-likeness (QED) is 0.680. The predicted molar refractivity (Wildman–Crippen MR) is 52.9 cm³/mol. The Morgan fingerprint density at radius 1 is 1.31 bits per heavy atom. The molecule has 1 heterocycles. The van der Waals surface area contributed by atoms with Gasteiger partial charge in [-0.2, -0.15) is 0 Å². The third kappa shape index (κ3) is 1.65. The van der Waals surface area contributed by atoms with Crippen LogP contribution in [0.2, 0.25) is 0 Å². The molecule has 2 rings (SSSR count). The van der Waals surface area contributed by atoms with Gasteiger partial charge in [-0.15, -0.1) is 0 Å². The molecule has 3 heteroatoms. The van der Waals surface area contributed by atoms with Crippen LogP contribution < -0.4 is 0 Å². The third-order valence-corrected chi connectivity index (χ3v) is 2.54. The second kappa shape index (κ2) is 3.49. The molecule has 64 valence electrons. The molecule has 1 aromatic carbocycles. The van der Waals surface area contributed by atoms with E-state index in [4.69, 9.17) is 0 Å². The lowest BCUT2D eigenvalue weighted by Gasteiger charge is -1.96. The molecule has 0 saturated carbocycles. The van der Waals surface area contributed by atoms with Crippen LogP contribution in [0.1, 0.15) is 10.4 Å². The molecular weight excluding hydrogens is 182 g/mol. The van der Waals surface area contributed by atoms with E-state index in [2.05, 4.69) is 4.37 Å². The third-order valence-electron chi connectivity index (χ3n) is 1.75. The summed E-state index contributed by atoms with van der Waals surface area (Å²) in [7, 11) is 0. The van der Waals surface area contributed by atoms with Crippen LogP contribution in [-0.4, -0.2) is 10.7 Å². The van der Waals surface area contributed by atoms with Crippen LogP contribution >= 0.6 is 11.5 Å². The fraction of sp³-hybridized carbons (Fsp3) is 0. The van der Waals surface area contributed by atoms with Crippen molar-refractivity contribution in [1.82, 2.24) is 4.37 Å². The lowest BCUT2D eigenvalue weighted by atomic mass is 10.1. The number of aromatic nitrogens is 1. The van der Waals surface area contributed by atoms with Gasteiger partial charge in [0.05, 0.1) is 4.88 Å². The van der Waals surface area contributed by atoms with E-state index in [1.165, 1.54) is 11.5 Å². The van der Waals surface area contributed by atoms with Crippen LogP contribution in [0.5, 0.6) is 0 Å². The molecule has 0 spiro atoms. The van der Waals surface area contributed by atoms with E-state index in [-0.39, 0.29) is 0 Å². The highest BCUT2D eigenvalue weighted by molar-refractivity contribution is 7.09. The minimum Gasteiger partial charge on any atom is -0.298 e. The molecule has 0 aliphatic heterocycles. The highest BCUT2D eigenvalue weighted by Gasteiger charge is 1.99. The lowest BCUT2D eigenvalue weighted by molar-refractivity contribution is 0.112. The highest BCUT2D eigenvalue weighted by atomic mass is 32.1. The van der Waals surface area contributed by atoms with Crippen molar-refractivity contribution >= 4 is 17.8 Å². The zero-order chi connectivity index (χ0) is 9.10. The minimum atomic E-state index is 0.700. The Morgan fingerprint density at radius 2 is 2.23 bits per heavy atom. The Kier molecular flexibility index (Phi) is 2.19. The molecule has 0 fully saturated rings. The molecule has 2 aromatic rings. The summed E-state index contributed by atoms with van der Waals surface area (Å²) in [4.78, 5) is 11.6. The van der Waals surface area contributed by atoms with Crippen molar-refractivity contribution in [3.8, 4) is 10.4 Å². The summed E-state index contributed by atoms with van der Waals surface area (Å²) in [6.45, 7) is 0. The van der Waals surface area contributed by atoms with Gasteiger partial charge in [0.2, 0.25) is 0 Å². The fourth-order valence-electron chi connectivity index (χ4n) is 1.13. The molecule has 1 aromatic heterocycles. The monoisotopic (exact) mass is 189 g/mol. The molecule has 0 N–H and O–H groups in total. The summed E-state index contributed by atoms with van der Waals surface area (Å²) in [5, 5.41) is 0. The summed E-state index contributed by atoms with van der Waals surface area (Å²) in [6, 6.07) is 9.44. The highest BCUT2D eigenvalue weighted by Crippen LogP contribution is 2.22. The molecule has 0 atom stereocenters. The first-order valence-electron chi connectivity index (χ1n) is 3.86. The van der Waals surface area contributed by atoms with Gasteiger partial charge in [0, 0.05) is 11.8 Å². The van der Waals surface area contributed by atoms with Crippen molar-refractivity contribution in [1.29, 1.82) is 0 Å². The second-order valence-electron chi connectivity index (χ2n) is 2.62. The van der Waals surface area contributed by atoms with Gasteiger partial charge in [0.1, 0.15) is 6.29 Å². The van der Waals surface area contributed by atoms with Crippen molar-refractivity contribution < 1.29 is 4.79 Å². The van der Waals surface area contributed by atoms with Gasteiger partial charge in [0.25, 0.3) is 0 Å². The number of hydrogen-bond acceptors (Lipinski definition) is 3. The van der Waals surface area contributed by atoms with E-state index < -0.39 is 0 Å². The topological polar surface area (TPSA) is 30.0 Å². The average Bonchev–Trinajstić information content (AvgIpc) is 2.71. The van der Waals surface area contributed by atoms with Crippen molar-refractivity contribution in [2.75, 3.05) is 0 Å². The molecule has 13 heavy (non-hydrogen) atoms. The van der Waals surface area contributed by atoms with Crippen LogP contribution in [0.15, 0.2) is 36.5 Å². The van der Waals surface area contributed by atoms with Crippen LogP contribution in [-0.2, 0) is 0 Å². The Hall–Kier alpha value is -1.48. The van der Waals surface area contributed by atoms with Gasteiger partial charge in [-0.1, -0.05) is 18.2 Å². The van der Waals surface area contributed by atoms with Crippen LogP contribution in [0, 0.1) is 0 Å². The van der Waals surface area contributed by atoms with E-state index in [0.29, 0.717) is 5.56 Å². The smallest absolute Gasteiger partial charge is 0.150 e. The molecule has 2 nitrogen and oxygen atoms in total. The van der Waals surface area contributed by atoms with Crippen LogP contribution in [0.4, 0.5) is 0 Å². The number of hydrogen-bond donors (Lipinski definition) is 0. The summed E-state index contributed by atoms with van der Waals surface area (Å²) >= 11 is 1.43. The van der Waals surface area contributed by atoms with Gasteiger partial charge in [-0.25, -0.2) is 4.37 Å².